The van der Waals surface area contributed by atoms with Crippen molar-refractivity contribution in [3.8, 4) is 0 Å². The Bertz CT molecular complexity index is 670. The third-order valence-electron chi connectivity index (χ3n) is 3.68. The summed E-state index contributed by atoms with van der Waals surface area (Å²) in [5, 5.41) is 3.44. The maximum absolute atomic E-state index is 12.1. The third-order valence-corrected chi connectivity index (χ3v) is 4.04. The van der Waals surface area contributed by atoms with Crippen LogP contribution in [0.15, 0.2) is 42.6 Å². The number of carbonyl (C=O) groups is 1. The maximum Gasteiger partial charge on any atom is 0.228 e. The molecule has 0 bridgehead atoms. The average Bonchev–Trinajstić information content (AvgIpc) is 2.58. The molecule has 2 heterocycles. The van der Waals surface area contributed by atoms with Crippen LogP contribution in [0.5, 0.6) is 0 Å². The molecule has 1 aliphatic heterocycles. The summed E-state index contributed by atoms with van der Waals surface area (Å²) in [6, 6.07) is 11.1. The van der Waals surface area contributed by atoms with Gasteiger partial charge in [-0.25, -0.2) is 4.98 Å². The molecule has 6 heteroatoms. The minimum Gasteiger partial charge on any atom is -0.378 e. The van der Waals surface area contributed by atoms with Gasteiger partial charge in [-0.05, 0) is 23.8 Å². The number of pyridine rings is 1. The minimum absolute atomic E-state index is 0.112. The Balaban J connectivity index is 1.59. The van der Waals surface area contributed by atoms with Gasteiger partial charge in [-0.1, -0.05) is 29.8 Å². The topological polar surface area (TPSA) is 54.5 Å². The van der Waals surface area contributed by atoms with Gasteiger partial charge in [0, 0.05) is 18.1 Å². The van der Waals surface area contributed by atoms with Crippen molar-refractivity contribution < 1.29 is 9.53 Å². The second kappa shape index (κ2) is 7.44. The molecule has 0 unspecified atom stereocenters. The SMILES string of the molecule is O=C(Cc1ccccc1Cl)Nc1ccc(N2CCOCC2)nc1. The van der Waals surface area contributed by atoms with Gasteiger partial charge in [0.2, 0.25) is 5.91 Å². The molecule has 23 heavy (non-hydrogen) atoms. The summed E-state index contributed by atoms with van der Waals surface area (Å²) in [6.45, 7) is 3.12. The van der Waals surface area contributed by atoms with Crippen LogP contribution in [-0.4, -0.2) is 37.2 Å². The van der Waals surface area contributed by atoms with Gasteiger partial charge < -0.3 is 15.0 Å². The van der Waals surface area contributed by atoms with E-state index >= 15 is 0 Å². The normalized spacial score (nSPS) is 14.6. The van der Waals surface area contributed by atoms with Crippen molar-refractivity contribution in [1.82, 2.24) is 4.98 Å². The zero-order valence-electron chi connectivity index (χ0n) is 12.7. The lowest BCUT2D eigenvalue weighted by Crippen LogP contribution is -2.36. The summed E-state index contributed by atoms with van der Waals surface area (Å²) in [6.07, 6.45) is 1.92. The summed E-state index contributed by atoms with van der Waals surface area (Å²) in [5.74, 6) is 0.788. The molecule has 1 N–H and O–H groups in total. The van der Waals surface area contributed by atoms with E-state index < -0.39 is 0 Å². The number of rotatable bonds is 4. The number of nitrogens with zero attached hydrogens (tertiary/aromatic N) is 2. The molecule has 120 valence electrons. The molecule has 5 nitrogen and oxygen atoms in total. The molecule has 0 atom stereocenters. The molecule has 0 aliphatic carbocycles. The molecule has 1 amide bonds. The van der Waals surface area contributed by atoms with Crippen LogP contribution in [0, 0.1) is 0 Å². The van der Waals surface area contributed by atoms with Gasteiger partial charge in [0.1, 0.15) is 5.82 Å². The first-order valence-corrected chi connectivity index (χ1v) is 7.92. The van der Waals surface area contributed by atoms with Crippen molar-refractivity contribution >= 4 is 29.0 Å². The fraction of sp³-hybridized carbons (Fsp3) is 0.294. The quantitative estimate of drug-likeness (QED) is 0.936. The molecular formula is C17H18ClN3O2. The molecule has 0 radical (unpaired) electrons. The number of hydrogen-bond acceptors (Lipinski definition) is 4. The lowest BCUT2D eigenvalue weighted by Gasteiger charge is -2.27. The average molecular weight is 332 g/mol. The molecule has 1 aromatic carbocycles. The Morgan fingerprint density at radius 1 is 1.22 bits per heavy atom. The van der Waals surface area contributed by atoms with E-state index in [0.717, 1.165) is 37.7 Å². The monoisotopic (exact) mass is 331 g/mol. The standard InChI is InChI=1S/C17H18ClN3O2/c18-15-4-2-1-3-13(15)11-17(22)20-14-5-6-16(19-12-14)21-7-9-23-10-8-21/h1-6,12H,7-11H2,(H,20,22). The van der Waals surface area contributed by atoms with E-state index in [1.807, 2.05) is 30.3 Å². The van der Waals surface area contributed by atoms with E-state index in [-0.39, 0.29) is 12.3 Å². The number of benzene rings is 1. The van der Waals surface area contributed by atoms with Crippen molar-refractivity contribution in [3.63, 3.8) is 0 Å². The Hall–Kier alpha value is -2.11. The van der Waals surface area contributed by atoms with Gasteiger partial charge in [0.15, 0.2) is 0 Å². The molecule has 0 spiro atoms. The Morgan fingerprint density at radius 3 is 2.70 bits per heavy atom. The van der Waals surface area contributed by atoms with Crippen LogP contribution in [0.25, 0.3) is 0 Å². The number of aromatic nitrogens is 1. The van der Waals surface area contributed by atoms with Crippen molar-refractivity contribution in [3.05, 3.63) is 53.2 Å². The van der Waals surface area contributed by atoms with Crippen LogP contribution < -0.4 is 10.2 Å². The van der Waals surface area contributed by atoms with Gasteiger partial charge in [-0.3, -0.25) is 4.79 Å². The fourth-order valence-corrected chi connectivity index (χ4v) is 2.66. The first-order chi connectivity index (χ1) is 11.2. The van der Waals surface area contributed by atoms with Gasteiger partial charge in [0.05, 0.1) is 31.5 Å². The van der Waals surface area contributed by atoms with Crippen LogP contribution >= 0.6 is 11.6 Å². The molecule has 0 saturated carbocycles. The maximum atomic E-state index is 12.1. The Kier molecular flexibility index (Phi) is 5.10. The van der Waals surface area contributed by atoms with Gasteiger partial charge in [0.25, 0.3) is 0 Å². The highest BCUT2D eigenvalue weighted by atomic mass is 35.5. The first kappa shape index (κ1) is 15.8. The summed E-state index contributed by atoms with van der Waals surface area (Å²) < 4.78 is 5.33. The lowest BCUT2D eigenvalue weighted by atomic mass is 10.1. The van der Waals surface area contributed by atoms with Crippen molar-refractivity contribution in [2.45, 2.75) is 6.42 Å². The number of carbonyl (C=O) groups excluding carboxylic acids is 1. The molecule has 1 saturated heterocycles. The molecule has 1 aliphatic rings. The van der Waals surface area contributed by atoms with E-state index in [9.17, 15) is 4.79 Å². The second-order valence-corrected chi connectivity index (χ2v) is 5.73. The number of nitrogens with one attached hydrogen (secondary N) is 1. The zero-order valence-corrected chi connectivity index (χ0v) is 13.4. The predicted molar refractivity (Wildman–Crippen MR) is 91.1 cm³/mol. The van der Waals surface area contributed by atoms with E-state index in [0.29, 0.717) is 10.7 Å². The van der Waals surface area contributed by atoms with Crippen molar-refractivity contribution in [2.24, 2.45) is 0 Å². The number of hydrogen-bond donors (Lipinski definition) is 1. The summed E-state index contributed by atoms with van der Waals surface area (Å²) >= 11 is 6.07. The minimum atomic E-state index is -0.112. The molecular weight excluding hydrogens is 314 g/mol. The lowest BCUT2D eigenvalue weighted by molar-refractivity contribution is -0.115. The van der Waals surface area contributed by atoms with E-state index in [2.05, 4.69) is 15.2 Å². The third kappa shape index (κ3) is 4.21. The van der Waals surface area contributed by atoms with Crippen LogP contribution in [0.3, 0.4) is 0 Å². The van der Waals surface area contributed by atoms with Crippen LogP contribution in [0.2, 0.25) is 5.02 Å². The zero-order chi connectivity index (χ0) is 16.1. The highest BCUT2D eigenvalue weighted by molar-refractivity contribution is 6.31. The van der Waals surface area contributed by atoms with E-state index in [4.69, 9.17) is 16.3 Å². The summed E-state index contributed by atoms with van der Waals surface area (Å²) in [7, 11) is 0. The van der Waals surface area contributed by atoms with Crippen LogP contribution in [0.1, 0.15) is 5.56 Å². The Morgan fingerprint density at radius 2 is 2.00 bits per heavy atom. The smallest absolute Gasteiger partial charge is 0.228 e. The Labute approximate surface area is 140 Å². The largest absolute Gasteiger partial charge is 0.378 e. The number of ether oxygens (including phenoxy) is 1. The highest BCUT2D eigenvalue weighted by Crippen LogP contribution is 2.18. The van der Waals surface area contributed by atoms with Crippen molar-refractivity contribution in [2.75, 3.05) is 36.5 Å². The van der Waals surface area contributed by atoms with Crippen molar-refractivity contribution in [1.29, 1.82) is 0 Å². The van der Waals surface area contributed by atoms with Gasteiger partial charge in [-0.15, -0.1) is 0 Å². The fourth-order valence-electron chi connectivity index (χ4n) is 2.46. The molecule has 3 rings (SSSR count). The van der Waals surface area contributed by atoms with E-state index in [1.54, 1.807) is 12.3 Å². The number of amides is 1. The predicted octanol–water partition coefficient (Wildman–Crippen LogP) is 2.75. The molecule has 1 fully saturated rings. The summed E-state index contributed by atoms with van der Waals surface area (Å²) in [4.78, 5) is 18.7. The molecule has 2 aromatic rings. The van der Waals surface area contributed by atoms with Crippen LogP contribution in [-0.2, 0) is 16.0 Å². The number of anilines is 2. The first-order valence-electron chi connectivity index (χ1n) is 7.54. The van der Waals surface area contributed by atoms with Gasteiger partial charge >= 0.3 is 0 Å². The molecule has 1 aromatic heterocycles. The number of morpholine rings is 1. The van der Waals surface area contributed by atoms with Gasteiger partial charge in [-0.2, -0.15) is 0 Å². The number of halogens is 1. The summed E-state index contributed by atoms with van der Waals surface area (Å²) in [5.41, 5.74) is 1.49. The highest BCUT2D eigenvalue weighted by Gasteiger charge is 2.12. The van der Waals surface area contributed by atoms with E-state index in [1.165, 1.54) is 0 Å². The second-order valence-electron chi connectivity index (χ2n) is 5.32. The van der Waals surface area contributed by atoms with Crippen LogP contribution in [0.4, 0.5) is 11.5 Å².